The maximum Gasteiger partial charge on any atom is 0.435 e. The first-order valence-electron chi connectivity index (χ1n) is 7.97. The number of hydrogen-bond acceptors (Lipinski definition) is 3. The first kappa shape index (κ1) is 19.9. The zero-order valence-electron chi connectivity index (χ0n) is 14.3. The molecule has 2 atom stereocenters. The second-order valence-electron chi connectivity index (χ2n) is 6.10. The number of aryl methyl sites for hydroxylation is 1. The van der Waals surface area contributed by atoms with Crippen molar-refractivity contribution in [2.75, 3.05) is 6.54 Å². The van der Waals surface area contributed by atoms with Crippen molar-refractivity contribution in [1.29, 1.82) is 0 Å². The third-order valence-corrected chi connectivity index (χ3v) is 4.44. The highest BCUT2D eigenvalue weighted by molar-refractivity contribution is 6.30. The third-order valence-electron chi connectivity index (χ3n) is 4.15. The lowest BCUT2D eigenvalue weighted by atomic mass is 10.0. The second-order valence-corrected chi connectivity index (χ2v) is 6.51. The molecule has 1 unspecified atom stereocenters. The Labute approximate surface area is 161 Å². The summed E-state index contributed by atoms with van der Waals surface area (Å²) in [5.74, 6) is -1.36. The van der Waals surface area contributed by atoms with Gasteiger partial charge >= 0.3 is 12.2 Å². The molecule has 1 saturated heterocycles. The molecule has 28 heavy (non-hydrogen) atoms. The number of benzene rings is 1. The lowest BCUT2D eigenvalue weighted by Crippen LogP contribution is -2.44. The number of hydrogen-bond donors (Lipinski definition) is 3. The summed E-state index contributed by atoms with van der Waals surface area (Å²) in [4.78, 5) is 23.7. The molecule has 3 rings (SSSR count). The van der Waals surface area contributed by atoms with Gasteiger partial charge in [-0.3, -0.25) is 9.48 Å². The summed E-state index contributed by atoms with van der Waals surface area (Å²) in [6, 6.07) is 1.75. The molecular formula is C16H14ClF4N5O2. The number of amides is 3. The van der Waals surface area contributed by atoms with Crippen LogP contribution < -0.4 is 16.0 Å². The molecule has 3 amide bonds. The van der Waals surface area contributed by atoms with Crippen molar-refractivity contribution in [3.8, 4) is 0 Å². The quantitative estimate of drug-likeness (QED) is 0.663. The number of rotatable bonds is 4. The minimum atomic E-state index is -4.69. The molecule has 2 heterocycles. The van der Waals surface area contributed by atoms with Gasteiger partial charge in [0.15, 0.2) is 5.69 Å². The molecule has 0 aliphatic carbocycles. The van der Waals surface area contributed by atoms with Crippen molar-refractivity contribution in [2.24, 2.45) is 7.05 Å². The summed E-state index contributed by atoms with van der Waals surface area (Å²) < 4.78 is 53.6. The minimum absolute atomic E-state index is 0.000586. The van der Waals surface area contributed by atoms with Crippen LogP contribution in [0, 0.1) is 5.82 Å². The summed E-state index contributed by atoms with van der Waals surface area (Å²) in [6.45, 7) is 0.0146. The van der Waals surface area contributed by atoms with Gasteiger partial charge in [-0.15, -0.1) is 0 Å². The molecule has 1 aliphatic heterocycles. The number of nitrogens with one attached hydrogen (secondary N) is 3. The highest BCUT2D eigenvalue weighted by Gasteiger charge is 2.37. The van der Waals surface area contributed by atoms with E-state index in [4.69, 9.17) is 11.6 Å². The lowest BCUT2D eigenvalue weighted by Gasteiger charge is -2.21. The van der Waals surface area contributed by atoms with Crippen molar-refractivity contribution in [3.63, 3.8) is 0 Å². The normalized spacial score (nSPS) is 17.8. The fourth-order valence-corrected chi connectivity index (χ4v) is 2.96. The summed E-state index contributed by atoms with van der Waals surface area (Å²) in [5.41, 5.74) is -0.900. The Bertz CT molecular complexity index is 930. The first-order chi connectivity index (χ1) is 13.1. The first-order valence-corrected chi connectivity index (χ1v) is 8.35. The van der Waals surface area contributed by atoms with E-state index >= 15 is 0 Å². The van der Waals surface area contributed by atoms with E-state index in [1.165, 1.54) is 19.2 Å². The average Bonchev–Trinajstić information content (AvgIpc) is 3.21. The molecule has 1 aromatic heterocycles. The van der Waals surface area contributed by atoms with Crippen LogP contribution in [0.4, 0.5) is 22.4 Å². The van der Waals surface area contributed by atoms with E-state index in [0.717, 1.165) is 16.8 Å². The Morgan fingerprint density at radius 1 is 1.39 bits per heavy atom. The van der Waals surface area contributed by atoms with Crippen LogP contribution in [0.1, 0.15) is 23.0 Å². The van der Waals surface area contributed by atoms with Gasteiger partial charge in [0.1, 0.15) is 11.9 Å². The molecule has 1 aromatic carbocycles. The number of carbonyl (C=O) groups is 2. The number of nitrogens with zero attached hydrogens (tertiary/aromatic N) is 2. The van der Waals surface area contributed by atoms with Gasteiger partial charge in [-0.2, -0.15) is 18.3 Å². The van der Waals surface area contributed by atoms with Crippen LogP contribution in [0.3, 0.4) is 0 Å². The molecule has 7 nitrogen and oxygen atoms in total. The van der Waals surface area contributed by atoms with E-state index in [-0.39, 0.29) is 22.8 Å². The molecule has 150 valence electrons. The number of carbonyl (C=O) groups excluding carboxylic acids is 2. The SMILES string of the molecule is Cn1nc(C(F)(F)F)cc1[C@@H](NC(=O)C1CNC(=O)N1)c1ccc(F)c(Cl)c1. The summed E-state index contributed by atoms with van der Waals surface area (Å²) >= 11 is 5.79. The van der Waals surface area contributed by atoms with Gasteiger partial charge in [-0.05, 0) is 23.8 Å². The van der Waals surface area contributed by atoms with Crippen LogP contribution in [-0.4, -0.2) is 34.3 Å². The van der Waals surface area contributed by atoms with Crippen LogP contribution in [0.5, 0.6) is 0 Å². The zero-order chi connectivity index (χ0) is 20.6. The smallest absolute Gasteiger partial charge is 0.342 e. The Hall–Kier alpha value is -2.82. The van der Waals surface area contributed by atoms with Gasteiger partial charge in [0.05, 0.1) is 16.8 Å². The Morgan fingerprint density at radius 3 is 2.64 bits per heavy atom. The van der Waals surface area contributed by atoms with E-state index < -0.39 is 41.7 Å². The van der Waals surface area contributed by atoms with Gasteiger partial charge < -0.3 is 16.0 Å². The van der Waals surface area contributed by atoms with Crippen LogP contribution in [0.15, 0.2) is 24.3 Å². The number of urea groups is 1. The zero-order valence-corrected chi connectivity index (χ0v) is 15.0. The molecule has 1 fully saturated rings. The number of halogens is 5. The number of alkyl halides is 3. The average molecular weight is 420 g/mol. The van der Waals surface area contributed by atoms with Gasteiger partial charge in [0.25, 0.3) is 0 Å². The second kappa shape index (κ2) is 7.30. The lowest BCUT2D eigenvalue weighted by molar-refractivity contribution is -0.141. The molecule has 3 N–H and O–H groups in total. The summed E-state index contributed by atoms with van der Waals surface area (Å²) in [5, 5.41) is 10.5. The van der Waals surface area contributed by atoms with Gasteiger partial charge in [0, 0.05) is 13.6 Å². The molecule has 2 aromatic rings. The predicted octanol–water partition coefficient (Wildman–Crippen LogP) is 2.12. The molecular weight excluding hydrogens is 406 g/mol. The predicted molar refractivity (Wildman–Crippen MR) is 89.9 cm³/mol. The fourth-order valence-electron chi connectivity index (χ4n) is 2.77. The van der Waals surface area contributed by atoms with Crippen molar-refractivity contribution in [2.45, 2.75) is 18.3 Å². The van der Waals surface area contributed by atoms with E-state index in [1.807, 2.05) is 0 Å². The van der Waals surface area contributed by atoms with Crippen LogP contribution in [-0.2, 0) is 18.0 Å². The maximum absolute atomic E-state index is 13.5. The topological polar surface area (TPSA) is 88.1 Å². The van der Waals surface area contributed by atoms with Crippen molar-refractivity contribution < 1.29 is 27.2 Å². The van der Waals surface area contributed by atoms with E-state index in [0.29, 0.717) is 0 Å². The summed E-state index contributed by atoms with van der Waals surface area (Å²) in [7, 11) is 1.29. The van der Waals surface area contributed by atoms with Gasteiger partial charge in [-0.1, -0.05) is 17.7 Å². The van der Waals surface area contributed by atoms with E-state index in [1.54, 1.807) is 0 Å². The van der Waals surface area contributed by atoms with Gasteiger partial charge in [-0.25, -0.2) is 9.18 Å². The molecule has 0 radical (unpaired) electrons. The van der Waals surface area contributed by atoms with Gasteiger partial charge in [0.2, 0.25) is 5.91 Å². The van der Waals surface area contributed by atoms with E-state index in [2.05, 4.69) is 21.0 Å². The third kappa shape index (κ3) is 4.03. The highest BCUT2D eigenvalue weighted by atomic mass is 35.5. The van der Waals surface area contributed by atoms with Crippen LogP contribution in [0.2, 0.25) is 5.02 Å². The number of aromatic nitrogens is 2. The fraction of sp³-hybridized carbons (Fsp3) is 0.312. The molecule has 0 saturated carbocycles. The molecule has 0 bridgehead atoms. The monoisotopic (exact) mass is 419 g/mol. The maximum atomic E-state index is 13.5. The highest BCUT2D eigenvalue weighted by Crippen LogP contribution is 2.32. The largest absolute Gasteiger partial charge is 0.435 e. The van der Waals surface area contributed by atoms with Crippen LogP contribution >= 0.6 is 11.6 Å². The molecule has 0 spiro atoms. The standard InChI is InChI=1S/C16H14ClF4N5O2/c1-26-11(5-12(25-26)16(19,20)21)13(7-2-3-9(18)8(17)4-7)24-14(27)10-6-22-15(28)23-10/h2-5,10,13H,6H2,1H3,(H,24,27)(H2,22,23,28)/t10?,13-/m0/s1. The Balaban J connectivity index is 1.99. The van der Waals surface area contributed by atoms with Crippen molar-refractivity contribution >= 4 is 23.5 Å². The molecule has 1 aliphatic rings. The summed E-state index contributed by atoms with van der Waals surface area (Å²) in [6.07, 6.45) is -4.69. The van der Waals surface area contributed by atoms with Crippen LogP contribution in [0.25, 0.3) is 0 Å². The molecule has 12 heteroatoms. The van der Waals surface area contributed by atoms with Crippen molar-refractivity contribution in [3.05, 3.63) is 52.1 Å². The van der Waals surface area contributed by atoms with Crippen molar-refractivity contribution in [1.82, 2.24) is 25.7 Å². The Kier molecular flexibility index (Phi) is 5.20. The van der Waals surface area contributed by atoms with E-state index in [9.17, 15) is 27.2 Å². The Morgan fingerprint density at radius 2 is 2.11 bits per heavy atom. The minimum Gasteiger partial charge on any atom is -0.342 e.